The highest BCUT2D eigenvalue weighted by molar-refractivity contribution is 5.96. The van der Waals surface area contributed by atoms with Crippen molar-refractivity contribution in [2.24, 2.45) is 15.7 Å². The average molecular weight is 316 g/mol. The number of nitriles is 1. The second-order valence-electron chi connectivity index (χ2n) is 5.01. The molecule has 5 nitrogen and oxygen atoms in total. The molecule has 0 saturated heterocycles. The molecule has 0 spiro atoms. The number of benzene rings is 2. The van der Waals surface area contributed by atoms with E-state index in [0.29, 0.717) is 0 Å². The van der Waals surface area contributed by atoms with Crippen molar-refractivity contribution in [3.8, 4) is 6.07 Å². The second-order valence-corrected chi connectivity index (χ2v) is 5.01. The summed E-state index contributed by atoms with van der Waals surface area (Å²) in [7, 11) is 0. The first kappa shape index (κ1) is 16.8. The van der Waals surface area contributed by atoms with E-state index in [1.165, 1.54) is 12.4 Å². The Balaban J connectivity index is 2.33. The van der Waals surface area contributed by atoms with E-state index in [1.807, 2.05) is 67.6 Å². The third-order valence-corrected chi connectivity index (χ3v) is 3.13. The molecule has 0 fully saturated rings. The number of aryl methyl sites for hydroxylation is 1. The molecular weight excluding hydrogens is 300 g/mol. The van der Waals surface area contributed by atoms with E-state index < -0.39 is 5.91 Å². The Labute approximate surface area is 140 Å². The Bertz CT molecular complexity index is 841. The van der Waals surface area contributed by atoms with Gasteiger partial charge >= 0.3 is 0 Å². The molecule has 2 N–H and O–H groups in total. The van der Waals surface area contributed by atoms with E-state index in [9.17, 15) is 10.1 Å². The molecule has 0 aliphatic carbocycles. The van der Waals surface area contributed by atoms with Gasteiger partial charge in [-0.05, 0) is 18.1 Å². The summed E-state index contributed by atoms with van der Waals surface area (Å²) in [5.74, 6) is -0.805. The van der Waals surface area contributed by atoms with Gasteiger partial charge in [0.1, 0.15) is 6.07 Å². The summed E-state index contributed by atoms with van der Waals surface area (Å²) in [6.07, 6.45) is 2.97. The smallest absolute Gasteiger partial charge is 0.270 e. The van der Waals surface area contributed by atoms with E-state index in [-0.39, 0.29) is 11.4 Å². The fourth-order valence-electron chi connectivity index (χ4n) is 1.85. The molecule has 0 heterocycles. The Morgan fingerprint density at radius 2 is 1.58 bits per heavy atom. The second kappa shape index (κ2) is 8.20. The normalized spacial score (nSPS) is 12.2. The highest BCUT2D eigenvalue weighted by Gasteiger charge is 2.10. The van der Waals surface area contributed by atoms with E-state index in [1.54, 1.807) is 0 Å². The van der Waals surface area contributed by atoms with Crippen molar-refractivity contribution in [2.75, 3.05) is 0 Å². The summed E-state index contributed by atoms with van der Waals surface area (Å²) in [6, 6.07) is 18.7. The van der Waals surface area contributed by atoms with Crippen molar-refractivity contribution in [1.82, 2.24) is 0 Å². The predicted octanol–water partition coefficient (Wildman–Crippen LogP) is 2.75. The molecule has 0 saturated carbocycles. The Morgan fingerprint density at radius 3 is 2.17 bits per heavy atom. The summed E-state index contributed by atoms with van der Waals surface area (Å²) < 4.78 is 0. The molecule has 0 bridgehead atoms. The van der Waals surface area contributed by atoms with Gasteiger partial charge in [0, 0.05) is 12.4 Å². The highest BCUT2D eigenvalue weighted by atomic mass is 16.1. The Kier molecular flexibility index (Phi) is 5.76. The third-order valence-electron chi connectivity index (χ3n) is 3.13. The van der Waals surface area contributed by atoms with Crippen LogP contribution >= 0.6 is 0 Å². The number of nitrogens with two attached hydrogens (primary N) is 1. The van der Waals surface area contributed by atoms with Crippen LogP contribution in [0.3, 0.4) is 0 Å². The number of primary amides is 1. The molecule has 2 aromatic rings. The predicted molar refractivity (Wildman–Crippen MR) is 94.6 cm³/mol. The standard InChI is InChI=1S/C19H16N4O/c1-14-7-9-16(10-8-14)13-23-18(19(21)24)17(11-20)22-12-15-5-3-2-4-6-15/h2-10,12-13H,1H3,(H2,21,24)/b18-17-,22-12?,23-13?. The van der Waals surface area contributed by atoms with Crippen LogP contribution in [0.1, 0.15) is 16.7 Å². The fourth-order valence-corrected chi connectivity index (χ4v) is 1.85. The van der Waals surface area contributed by atoms with Gasteiger partial charge < -0.3 is 5.73 Å². The van der Waals surface area contributed by atoms with Crippen LogP contribution in [0.15, 0.2) is 76.0 Å². The number of carbonyl (C=O) groups excluding carboxylic acids is 1. The molecule has 0 atom stereocenters. The monoisotopic (exact) mass is 316 g/mol. The average Bonchev–Trinajstić information content (AvgIpc) is 2.60. The van der Waals surface area contributed by atoms with Crippen LogP contribution in [0.5, 0.6) is 0 Å². The van der Waals surface area contributed by atoms with Crippen LogP contribution in [-0.4, -0.2) is 18.3 Å². The maximum atomic E-state index is 11.6. The number of rotatable bonds is 5. The van der Waals surface area contributed by atoms with Gasteiger partial charge in [0.25, 0.3) is 5.91 Å². The van der Waals surface area contributed by atoms with Crippen molar-refractivity contribution in [3.63, 3.8) is 0 Å². The summed E-state index contributed by atoms with van der Waals surface area (Å²) in [5.41, 5.74) is 7.74. The van der Waals surface area contributed by atoms with Crippen LogP contribution in [0.2, 0.25) is 0 Å². The molecule has 24 heavy (non-hydrogen) atoms. The van der Waals surface area contributed by atoms with E-state index in [0.717, 1.165) is 16.7 Å². The number of nitrogens with zero attached hydrogens (tertiary/aromatic N) is 3. The first-order valence-electron chi connectivity index (χ1n) is 7.24. The van der Waals surface area contributed by atoms with Crippen molar-refractivity contribution in [1.29, 1.82) is 5.26 Å². The lowest BCUT2D eigenvalue weighted by Gasteiger charge is -1.99. The zero-order valence-electron chi connectivity index (χ0n) is 13.2. The third kappa shape index (κ3) is 4.75. The first-order valence-corrected chi connectivity index (χ1v) is 7.24. The van der Waals surface area contributed by atoms with Gasteiger partial charge in [-0.15, -0.1) is 0 Å². The lowest BCUT2D eigenvalue weighted by atomic mass is 10.2. The minimum absolute atomic E-state index is 0.130. The van der Waals surface area contributed by atoms with Crippen LogP contribution < -0.4 is 5.73 Å². The largest absolute Gasteiger partial charge is 0.364 e. The summed E-state index contributed by atoms with van der Waals surface area (Å²) in [6.45, 7) is 1.97. The summed E-state index contributed by atoms with van der Waals surface area (Å²) in [4.78, 5) is 19.7. The minimum atomic E-state index is -0.805. The Morgan fingerprint density at radius 1 is 1.00 bits per heavy atom. The lowest BCUT2D eigenvalue weighted by Crippen LogP contribution is -2.14. The van der Waals surface area contributed by atoms with Crippen molar-refractivity contribution >= 4 is 18.3 Å². The maximum Gasteiger partial charge on any atom is 0.270 e. The van der Waals surface area contributed by atoms with Gasteiger partial charge in [-0.1, -0.05) is 60.2 Å². The molecule has 1 amide bonds. The highest BCUT2D eigenvalue weighted by Crippen LogP contribution is 2.09. The molecule has 2 rings (SSSR count). The number of hydrogen-bond donors (Lipinski definition) is 1. The van der Waals surface area contributed by atoms with Crippen molar-refractivity contribution in [3.05, 3.63) is 82.7 Å². The number of aliphatic imine (C=N–C) groups is 2. The molecular formula is C19H16N4O. The van der Waals surface area contributed by atoms with Crippen LogP contribution in [0, 0.1) is 18.3 Å². The minimum Gasteiger partial charge on any atom is -0.364 e. The first-order chi connectivity index (χ1) is 11.6. The SMILES string of the molecule is Cc1ccc(C=N/C(C(N)=O)=C(/C#N)N=Cc2ccccc2)cc1. The number of amides is 1. The van der Waals surface area contributed by atoms with Crippen LogP contribution in [-0.2, 0) is 4.79 Å². The molecule has 118 valence electrons. The topological polar surface area (TPSA) is 91.6 Å². The fraction of sp³-hybridized carbons (Fsp3) is 0.0526. The van der Waals surface area contributed by atoms with E-state index in [2.05, 4.69) is 9.98 Å². The van der Waals surface area contributed by atoms with Crippen LogP contribution in [0.25, 0.3) is 0 Å². The van der Waals surface area contributed by atoms with Gasteiger partial charge in [0.2, 0.25) is 0 Å². The van der Waals surface area contributed by atoms with E-state index in [4.69, 9.17) is 5.73 Å². The molecule has 0 unspecified atom stereocenters. The molecule has 0 aliphatic heterocycles. The zero-order valence-corrected chi connectivity index (χ0v) is 13.2. The molecule has 0 radical (unpaired) electrons. The van der Waals surface area contributed by atoms with Crippen LogP contribution in [0.4, 0.5) is 0 Å². The maximum absolute atomic E-state index is 11.6. The molecule has 5 heteroatoms. The number of carbonyl (C=O) groups is 1. The van der Waals surface area contributed by atoms with Crippen molar-refractivity contribution in [2.45, 2.75) is 6.92 Å². The number of hydrogen-bond acceptors (Lipinski definition) is 4. The van der Waals surface area contributed by atoms with Crippen molar-refractivity contribution < 1.29 is 4.79 Å². The summed E-state index contributed by atoms with van der Waals surface area (Å²) >= 11 is 0. The van der Waals surface area contributed by atoms with Gasteiger partial charge in [0.15, 0.2) is 11.4 Å². The molecule has 0 aromatic heterocycles. The van der Waals surface area contributed by atoms with E-state index >= 15 is 0 Å². The Hall–Kier alpha value is -3.52. The summed E-state index contributed by atoms with van der Waals surface area (Å²) in [5, 5.41) is 9.25. The van der Waals surface area contributed by atoms with Gasteiger partial charge in [-0.2, -0.15) is 5.26 Å². The zero-order chi connectivity index (χ0) is 17.4. The van der Waals surface area contributed by atoms with Gasteiger partial charge in [-0.3, -0.25) is 4.79 Å². The van der Waals surface area contributed by atoms with Gasteiger partial charge in [0.05, 0.1) is 0 Å². The lowest BCUT2D eigenvalue weighted by molar-refractivity contribution is -0.114. The number of allylic oxidation sites excluding steroid dienone is 1. The molecule has 2 aromatic carbocycles. The quantitative estimate of drug-likeness (QED) is 0.522. The molecule has 0 aliphatic rings. The van der Waals surface area contributed by atoms with Gasteiger partial charge in [-0.25, -0.2) is 9.98 Å².